The molecule has 31 heavy (non-hydrogen) atoms. The summed E-state index contributed by atoms with van der Waals surface area (Å²) < 4.78 is 12.1. The van der Waals surface area contributed by atoms with Crippen molar-refractivity contribution in [2.24, 2.45) is 7.05 Å². The summed E-state index contributed by atoms with van der Waals surface area (Å²) in [6.07, 6.45) is 2.17. The lowest BCUT2D eigenvalue weighted by atomic mass is 10.0. The van der Waals surface area contributed by atoms with Crippen molar-refractivity contribution in [3.8, 4) is 11.8 Å². The number of nitrogens with zero attached hydrogens (tertiary/aromatic N) is 2. The van der Waals surface area contributed by atoms with Gasteiger partial charge in [0.2, 0.25) is 0 Å². The maximum absolute atomic E-state index is 13.0. The van der Waals surface area contributed by atoms with Crippen LogP contribution in [0.15, 0.2) is 21.6 Å². The number of carbonyl (C=O) groups excluding carboxylic acids is 1. The van der Waals surface area contributed by atoms with Gasteiger partial charge in [-0.1, -0.05) is 23.9 Å². The Morgan fingerprint density at radius 2 is 2.03 bits per heavy atom. The average molecular weight is 425 g/mol. The number of aromatic amines is 1. The Bertz CT molecular complexity index is 1280. The predicted molar refractivity (Wildman–Crippen MR) is 116 cm³/mol. The fraction of sp³-hybridized carbons (Fsp3) is 0.435. The molecular formula is C23H27N3O5. The van der Waals surface area contributed by atoms with Crippen LogP contribution in [0, 0.1) is 25.7 Å². The van der Waals surface area contributed by atoms with E-state index in [1.165, 1.54) is 17.7 Å². The zero-order chi connectivity index (χ0) is 23.1. The van der Waals surface area contributed by atoms with Crippen molar-refractivity contribution >= 4 is 16.9 Å². The Hall–Kier alpha value is -3.31. The van der Waals surface area contributed by atoms with E-state index in [0.717, 1.165) is 0 Å². The van der Waals surface area contributed by atoms with E-state index in [1.807, 2.05) is 20.8 Å². The molecular weight excluding hydrogens is 398 g/mol. The first-order valence-corrected chi connectivity index (χ1v) is 10.0. The highest BCUT2D eigenvalue weighted by atomic mass is 16.6. The minimum absolute atomic E-state index is 0.255. The lowest BCUT2D eigenvalue weighted by molar-refractivity contribution is -0.00228. The lowest BCUT2D eigenvalue weighted by Crippen LogP contribution is -2.27. The number of H-pyrrole nitrogens is 1. The molecule has 8 nitrogen and oxygen atoms in total. The summed E-state index contributed by atoms with van der Waals surface area (Å²) in [7, 11) is 1.60. The number of nitrogens with one attached hydrogen (secondary N) is 1. The van der Waals surface area contributed by atoms with Gasteiger partial charge in [-0.25, -0.2) is 4.79 Å². The van der Waals surface area contributed by atoms with Crippen LogP contribution in [0.1, 0.15) is 67.2 Å². The maximum atomic E-state index is 13.0. The number of rotatable bonds is 4. The number of pyridine rings is 1. The van der Waals surface area contributed by atoms with Crippen LogP contribution in [0.3, 0.4) is 0 Å². The fourth-order valence-electron chi connectivity index (χ4n) is 3.12. The molecule has 0 aromatic carbocycles. The molecule has 0 spiro atoms. The molecule has 0 saturated heterocycles. The summed E-state index contributed by atoms with van der Waals surface area (Å²) in [5.74, 6) is 5.71. The van der Waals surface area contributed by atoms with Gasteiger partial charge < -0.3 is 23.9 Å². The largest absolute Gasteiger partial charge is 0.456 e. The number of hydrogen-bond donors (Lipinski definition) is 2. The van der Waals surface area contributed by atoms with E-state index in [-0.39, 0.29) is 22.3 Å². The average Bonchev–Trinajstić information content (AvgIpc) is 3.27. The van der Waals surface area contributed by atoms with Crippen LogP contribution in [0.4, 0.5) is 0 Å². The zero-order valence-electron chi connectivity index (χ0n) is 18.8. The topological polar surface area (TPSA) is 110 Å². The van der Waals surface area contributed by atoms with Gasteiger partial charge >= 0.3 is 5.97 Å². The molecule has 2 N–H and O–H groups in total. The third kappa shape index (κ3) is 4.28. The standard InChI is InChI=1S/C23H27N3O5/c1-8-22(4,5)30-21(28)17-14(3)24-19-18(17)15(12-26(7)20(19)27)9-10-23(6,29)16-11-13(2)31-25-16/h11-12,24,29H,8H2,1-7H3/t23-/m1/s1. The van der Waals surface area contributed by atoms with Crippen molar-refractivity contribution in [2.45, 2.75) is 59.2 Å². The van der Waals surface area contributed by atoms with Crippen molar-refractivity contribution in [3.63, 3.8) is 0 Å². The molecule has 164 valence electrons. The maximum Gasteiger partial charge on any atom is 0.341 e. The molecule has 8 heteroatoms. The zero-order valence-corrected chi connectivity index (χ0v) is 18.8. The van der Waals surface area contributed by atoms with Crippen molar-refractivity contribution in [2.75, 3.05) is 0 Å². The first kappa shape index (κ1) is 22.4. The number of aryl methyl sites for hydroxylation is 3. The second-order valence-electron chi connectivity index (χ2n) is 8.48. The van der Waals surface area contributed by atoms with Crippen molar-refractivity contribution in [1.82, 2.24) is 14.7 Å². The molecule has 0 radical (unpaired) electrons. The van der Waals surface area contributed by atoms with Gasteiger partial charge in [0.25, 0.3) is 5.56 Å². The molecule has 3 heterocycles. The predicted octanol–water partition coefficient (Wildman–Crippen LogP) is 3.08. The fourth-order valence-corrected chi connectivity index (χ4v) is 3.12. The highest BCUT2D eigenvalue weighted by Gasteiger charge is 2.28. The smallest absolute Gasteiger partial charge is 0.341 e. The van der Waals surface area contributed by atoms with Crippen molar-refractivity contribution < 1.29 is 19.2 Å². The number of esters is 1. The molecule has 0 saturated carbocycles. The van der Waals surface area contributed by atoms with E-state index in [4.69, 9.17) is 9.26 Å². The Kier molecular flexibility index (Phi) is 5.59. The van der Waals surface area contributed by atoms with Crippen LogP contribution >= 0.6 is 0 Å². The number of aromatic nitrogens is 3. The number of ether oxygens (including phenoxy) is 1. The van der Waals surface area contributed by atoms with E-state index in [9.17, 15) is 14.7 Å². The second-order valence-corrected chi connectivity index (χ2v) is 8.48. The third-order valence-corrected chi connectivity index (χ3v) is 5.31. The van der Waals surface area contributed by atoms with Crippen LogP contribution in [0.5, 0.6) is 0 Å². The van der Waals surface area contributed by atoms with Gasteiger partial charge in [-0.05, 0) is 41.0 Å². The van der Waals surface area contributed by atoms with Crippen LogP contribution in [0.2, 0.25) is 0 Å². The third-order valence-electron chi connectivity index (χ3n) is 5.31. The van der Waals surface area contributed by atoms with Crippen LogP contribution in [0.25, 0.3) is 10.9 Å². The molecule has 0 aliphatic heterocycles. The molecule has 0 aliphatic rings. The number of carbonyl (C=O) groups is 1. The highest BCUT2D eigenvalue weighted by molar-refractivity contribution is 6.07. The van der Waals surface area contributed by atoms with Gasteiger partial charge in [-0.15, -0.1) is 0 Å². The Labute approximate surface area is 180 Å². The van der Waals surface area contributed by atoms with Crippen LogP contribution in [-0.2, 0) is 17.4 Å². The quantitative estimate of drug-likeness (QED) is 0.491. The van der Waals surface area contributed by atoms with Gasteiger partial charge in [0.15, 0.2) is 5.60 Å². The molecule has 0 aliphatic carbocycles. The van der Waals surface area contributed by atoms with E-state index >= 15 is 0 Å². The number of hydrogen-bond acceptors (Lipinski definition) is 6. The van der Waals surface area contributed by atoms with Crippen molar-refractivity contribution in [3.05, 3.63) is 50.9 Å². The summed E-state index contributed by atoms with van der Waals surface area (Å²) in [5, 5.41) is 15.0. The Morgan fingerprint density at radius 1 is 1.35 bits per heavy atom. The summed E-state index contributed by atoms with van der Waals surface area (Å²) >= 11 is 0. The van der Waals surface area contributed by atoms with Gasteiger partial charge in [0.05, 0.1) is 11.1 Å². The monoisotopic (exact) mass is 425 g/mol. The molecule has 1 atom stereocenters. The first-order valence-electron chi connectivity index (χ1n) is 10.0. The van der Waals surface area contributed by atoms with Crippen molar-refractivity contribution in [1.29, 1.82) is 0 Å². The highest BCUT2D eigenvalue weighted by Crippen LogP contribution is 2.27. The van der Waals surface area contributed by atoms with Crippen LogP contribution < -0.4 is 5.56 Å². The molecule has 3 aromatic heterocycles. The molecule has 0 amide bonds. The summed E-state index contributed by atoms with van der Waals surface area (Å²) in [5.41, 5.74) is -0.840. The number of aliphatic hydroxyl groups is 1. The summed E-state index contributed by atoms with van der Waals surface area (Å²) in [6, 6.07) is 1.60. The Balaban J connectivity index is 2.20. The molecule has 0 bridgehead atoms. The van der Waals surface area contributed by atoms with E-state index < -0.39 is 17.2 Å². The summed E-state index contributed by atoms with van der Waals surface area (Å²) in [6.45, 7) is 10.5. The minimum Gasteiger partial charge on any atom is -0.456 e. The van der Waals surface area contributed by atoms with E-state index in [2.05, 4.69) is 22.0 Å². The van der Waals surface area contributed by atoms with E-state index in [1.54, 1.807) is 27.0 Å². The SMILES string of the molecule is CCC(C)(C)OC(=O)c1c(C)[nH]c2c(=O)n(C)cc(C#C[C@@](C)(O)c3cc(C)on3)c12. The Morgan fingerprint density at radius 3 is 2.61 bits per heavy atom. The van der Waals surface area contributed by atoms with Gasteiger partial charge in [-0.3, -0.25) is 4.79 Å². The molecule has 0 unspecified atom stereocenters. The number of fused-ring (bicyclic) bond motifs is 1. The lowest BCUT2D eigenvalue weighted by Gasteiger charge is -2.23. The molecule has 3 aromatic rings. The second kappa shape index (κ2) is 7.75. The minimum atomic E-state index is -1.59. The van der Waals surface area contributed by atoms with Gasteiger partial charge in [0, 0.05) is 30.4 Å². The molecule has 3 rings (SSSR count). The van der Waals surface area contributed by atoms with Gasteiger partial charge in [-0.2, -0.15) is 0 Å². The summed E-state index contributed by atoms with van der Waals surface area (Å²) in [4.78, 5) is 28.7. The van der Waals surface area contributed by atoms with Crippen LogP contribution in [-0.4, -0.2) is 31.4 Å². The normalized spacial score (nSPS) is 13.5. The molecule has 0 fully saturated rings. The first-order chi connectivity index (χ1) is 14.4. The van der Waals surface area contributed by atoms with Gasteiger partial charge in [0.1, 0.15) is 22.6 Å². The van der Waals surface area contributed by atoms with E-state index in [0.29, 0.717) is 28.8 Å².